The van der Waals surface area contributed by atoms with Crippen LogP contribution in [0.15, 0.2) is 43.0 Å². The lowest BCUT2D eigenvalue weighted by Gasteiger charge is -2.47. The van der Waals surface area contributed by atoms with E-state index in [1.807, 2.05) is 30.3 Å². The number of rotatable bonds is 12. The lowest BCUT2D eigenvalue weighted by Crippen LogP contribution is -2.67. The monoisotopic (exact) mass is 687 g/mol. The topological polar surface area (TPSA) is 118 Å². The molecular formula is C30H29Cl4NO9. The van der Waals surface area contributed by atoms with E-state index in [4.69, 9.17) is 70.1 Å². The van der Waals surface area contributed by atoms with E-state index in [-0.39, 0.29) is 51.0 Å². The molecule has 0 N–H and O–H groups in total. The second-order valence-corrected chi connectivity index (χ2v) is 11.5. The van der Waals surface area contributed by atoms with Crippen molar-refractivity contribution in [3.8, 4) is 0 Å². The minimum absolute atomic E-state index is 0.109. The summed E-state index contributed by atoms with van der Waals surface area (Å²) in [5.74, 6) is -3.35. The molecule has 0 saturated carbocycles. The second-order valence-electron chi connectivity index (χ2n) is 9.97. The van der Waals surface area contributed by atoms with Gasteiger partial charge in [-0.25, -0.2) is 0 Å². The van der Waals surface area contributed by atoms with E-state index >= 15 is 0 Å². The zero-order valence-corrected chi connectivity index (χ0v) is 26.8. The molecule has 14 heteroatoms. The second kappa shape index (κ2) is 15.1. The van der Waals surface area contributed by atoms with E-state index in [0.29, 0.717) is 12.8 Å². The molecule has 0 bridgehead atoms. The van der Waals surface area contributed by atoms with Crippen LogP contribution in [0.4, 0.5) is 0 Å². The Morgan fingerprint density at radius 1 is 0.909 bits per heavy atom. The first-order valence-electron chi connectivity index (χ1n) is 13.6. The SMILES string of the molecule is C=CCCCO[C@@H]1O[C@H](COCc2ccccc2)[C@@H](OC(C)=O)[C@H](OC(C)=O)[C@H]1N1C(=O)c2c(Cl)c(Cl)c(Cl)c(Cl)c2C1=O. The Morgan fingerprint density at radius 3 is 2.02 bits per heavy atom. The molecule has 0 unspecified atom stereocenters. The lowest BCUT2D eigenvalue weighted by molar-refractivity contribution is -0.287. The number of halogens is 4. The summed E-state index contributed by atoms with van der Waals surface area (Å²) in [5, 5.41) is -1.01. The molecule has 4 rings (SSSR count). The molecule has 44 heavy (non-hydrogen) atoms. The van der Waals surface area contributed by atoms with Crippen LogP contribution in [0.2, 0.25) is 20.1 Å². The molecule has 2 aliphatic heterocycles. The Balaban J connectivity index is 1.76. The van der Waals surface area contributed by atoms with Crippen LogP contribution in [-0.2, 0) is 39.9 Å². The number of hydrogen-bond donors (Lipinski definition) is 0. The first kappa shape index (κ1) is 34.2. The van der Waals surface area contributed by atoms with E-state index in [0.717, 1.165) is 24.3 Å². The molecule has 2 aromatic carbocycles. The maximum atomic E-state index is 13.9. The number of carbonyl (C=O) groups is 4. The third-order valence-corrected chi connectivity index (χ3v) is 8.68. The number of benzene rings is 2. The van der Waals surface area contributed by atoms with Crippen molar-refractivity contribution in [3.63, 3.8) is 0 Å². The molecule has 2 heterocycles. The first-order chi connectivity index (χ1) is 21.0. The van der Waals surface area contributed by atoms with Crippen molar-refractivity contribution in [2.24, 2.45) is 0 Å². The zero-order valence-electron chi connectivity index (χ0n) is 23.7. The normalized spacial score (nSPS) is 23.0. The van der Waals surface area contributed by atoms with Gasteiger partial charge in [-0.05, 0) is 18.4 Å². The number of unbranched alkanes of at least 4 members (excludes halogenated alkanes) is 1. The standard InChI is InChI=1S/C30H29Cl4NO9/c1-4-5-9-12-41-30-25(35-28(38)19-20(29(35)39)22(32)24(34)23(33)21(19)31)27(43-16(3)37)26(42-15(2)36)18(44-30)14-40-13-17-10-7-6-8-11-17/h4,6-8,10-11,18,25-27,30H,1,5,9,12-14H2,2-3H3/t18-,25-,26-,27-,30-/m1/s1. The van der Waals surface area contributed by atoms with E-state index in [1.165, 1.54) is 0 Å². The number of allylic oxidation sites excluding steroid dienone is 1. The Hall–Kier alpha value is -2.70. The number of amides is 2. The van der Waals surface area contributed by atoms with Gasteiger partial charge in [-0.2, -0.15) is 0 Å². The number of hydrogen-bond acceptors (Lipinski definition) is 9. The van der Waals surface area contributed by atoms with Gasteiger partial charge in [0.2, 0.25) is 0 Å². The minimum Gasteiger partial charge on any atom is -0.456 e. The van der Waals surface area contributed by atoms with Crippen LogP contribution in [-0.4, -0.2) is 72.5 Å². The summed E-state index contributed by atoms with van der Waals surface area (Å²) in [4.78, 5) is 53.3. The van der Waals surface area contributed by atoms with E-state index in [2.05, 4.69) is 6.58 Å². The molecular weight excluding hydrogens is 660 g/mol. The molecule has 5 atom stereocenters. The molecule has 0 spiro atoms. The van der Waals surface area contributed by atoms with Crippen molar-refractivity contribution in [3.05, 3.63) is 79.8 Å². The summed E-state index contributed by atoms with van der Waals surface area (Å²) in [5.41, 5.74) is 0.289. The van der Waals surface area contributed by atoms with Crippen molar-refractivity contribution in [2.75, 3.05) is 13.2 Å². The summed E-state index contributed by atoms with van der Waals surface area (Å²) in [6.45, 7) is 6.16. The molecule has 2 amide bonds. The third kappa shape index (κ3) is 7.23. The van der Waals surface area contributed by atoms with Gasteiger partial charge in [0.25, 0.3) is 11.8 Å². The number of nitrogens with zero attached hydrogens (tertiary/aromatic N) is 1. The zero-order chi connectivity index (χ0) is 32.1. The largest absolute Gasteiger partial charge is 0.456 e. The van der Waals surface area contributed by atoms with Crippen LogP contribution in [0.25, 0.3) is 0 Å². The summed E-state index contributed by atoms with van der Waals surface area (Å²) in [7, 11) is 0. The summed E-state index contributed by atoms with van der Waals surface area (Å²) in [6, 6.07) is 7.84. The van der Waals surface area contributed by atoms with Crippen LogP contribution in [0.3, 0.4) is 0 Å². The summed E-state index contributed by atoms with van der Waals surface area (Å²) >= 11 is 25.1. The highest BCUT2D eigenvalue weighted by molar-refractivity contribution is 6.55. The molecule has 2 aromatic rings. The van der Waals surface area contributed by atoms with Crippen LogP contribution in [0, 0.1) is 0 Å². The Bertz CT molecular complexity index is 1390. The average molecular weight is 689 g/mol. The van der Waals surface area contributed by atoms with E-state index in [9.17, 15) is 19.2 Å². The number of carbonyl (C=O) groups excluding carboxylic acids is 4. The van der Waals surface area contributed by atoms with Crippen molar-refractivity contribution in [2.45, 2.75) is 63.9 Å². The number of fused-ring (bicyclic) bond motifs is 1. The van der Waals surface area contributed by atoms with Gasteiger partial charge in [-0.1, -0.05) is 82.8 Å². The van der Waals surface area contributed by atoms with Gasteiger partial charge < -0.3 is 23.7 Å². The molecule has 1 saturated heterocycles. The van der Waals surface area contributed by atoms with Gasteiger partial charge >= 0.3 is 11.9 Å². The fraction of sp³-hybridized carbons (Fsp3) is 0.400. The Labute approximate surface area is 274 Å². The smallest absolute Gasteiger partial charge is 0.303 e. The minimum atomic E-state index is -1.46. The first-order valence-corrected chi connectivity index (χ1v) is 15.1. The lowest BCUT2D eigenvalue weighted by atomic mass is 9.94. The highest BCUT2D eigenvalue weighted by atomic mass is 35.5. The van der Waals surface area contributed by atoms with Gasteiger partial charge in [-0.3, -0.25) is 24.1 Å². The van der Waals surface area contributed by atoms with Crippen molar-refractivity contribution >= 4 is 70.2 Å². The summed E-state index contributed by atoms with van der Waals surface area (Å²) < 4.78 is 29.5. The van der Waals surface area contributed by atoms with Crippen molar-refractivity contribution < 1.29 is 42.9 Å². The highest BCUT2D eigenvalue weighted by Crippen LogP contribution is 2.46. The van der Waals surface area contributed by atoms with Crippen LogP contribution < -0.4 is 0 Å². The van der Waals surface area contributed by atoms with Gasteiger partial charge in [0, 0.05) is 13.8 Å². The number of ether oxygens (including phenoxy) is 5. The Morgan fingerprint density at radius 2 is 1.48 bits per heavy atom. The fourth-order valence-electron chi connectivity index (χ4n) is 5.03. The van der Waals surface area contributed by atoms with Gasteiger partial charge in [0.1, 0.15) is 12.1 Å². The third-order valence-electron chi connectivity index (χ3n) is 6.88. The van der Waals surface area contributed by atoms with Crippen molar-refractivity contribution in [1.29, 1.82) is 0 Å². The van der Waals surface area contributed by atoms with Crippen LogP contribution >= 0.6 is 46.4 Å². The molecule has 0 aromatic heterocycles. The van der Waals surface area contributed by atoms with Gasteiger partial charge in [0.05, 0.1) is 51.0 Å². The number of esters is 2. The maximum absolute atomic E-state index is 13.9. The average Bonchev–Trinajstić information content (AvgIpc) is 3.24. The molecule has 2 aliphatic rings. The Kier molecular flexibility index (Phi) is 11.7. The molecule has 1 fully saturated rings. The van der Waals surface area contributed by atoms with Crippen LogP contribution in [0.1, 0.15) is 53.0 Å². The van der Waals surface area contributed by atoms with Crippen molar-refractivity contribution in [1.82, 2.24) is 4.90 Å². The number of imide groups is 1. The fourth-order valence-corrected chi connectivity index (χ4v) is 6.04. The van der Waals surface area contributed by atoms with Gasteiger partial charge in [0.15, 0.2) is 18.5 Å². The van der Waals surface area contributed by atoms with E-state index in [1.54, 1.807) is 6.08 Å². The maximum Gasteiger partial charge on any atom is 0.303 e. The van der Waals surface area contributed by atoms with E-state index < -0.39 is 54.4 Å². The quantitative estimate of drug-likeness (QED) is 0.0656. The predicted octanol–water partition coefficient (Wildman–Crippen LogP) is 6.05. The molecule has 0 aliphatic carbocycles. The predicted molar refractivity (Wildman–Crippen MR) is 162 cm³/mol. The molecule has 236 valence electrons. The molecule has 0 radical (unpaired) electrons. The molecule has 10 nitrogen and oxygen atoms in total. The van der Waals surface area contributed by atoms with Crippen LogP contribution in [0.5, 0.6) is 0 Å². The van der Waals surface area contributed by atoms with Gasteiger partial charge in [-0.15, -0.1) is 6.58 Å². The summed E-state index contributed by atoms with van der Waals surface area (Å²) in [6.07, 6.45) is -2.38. The highest BCUT2D eigenvalue weighted by Gasteiger charge is 2.58.